The van der Waals surface area contributed by atoms with Gasteiger partial charge in [-0.05, 0) is 32.1 Å². The Hall–Kier alpha value is -1.40. The molecule has 0 saturated heterocycles. The second-order valence-electron chi connectivity index (χ2n) is 16.5. The zero-order chi connectivity index (χ0) is 39.4. The number of esters is 1. The smallest absolute Gasteiger partial charge is 0.305 e. The van der Waals surface area contributed by atoms with Crippen LogP contribution >= 0.6 is 0 Å². The van der Waals surface area contributed by atoms with Crippen LogP contribution in [0, 0.1) is 0 Å². The van der Waals surface area contributed by atoms with Gasteiger partial charge >= 0.3 is 5.97 Å². The summed E-state index contributed by atoms with van der Waals surface area (Å²) in [5, 5.41) is 23.0. The molecule has 3 N–H and O–H groups in total. The maximum Gasteiger partial charge on any atom is 0.305 e. The van der Waals surface area contributed by atoms with Gasteiger partial charge in [0.15, 0.2) is 0 Å². The minimum atomic E-state index is -0.848. The van der Waals surface area contributed by atoms with Crippen LogP contribution in [0.2, 0.25) is 0 Å². The maximum absolute atomic E-state index is 12.4. The van der Waals surface area contributed by atoms with E-state index >= 15 is 0 Å². The van der Waals surface area contributed by atoms with Gasteiger partial charge in [-0.1, -0.05) is 225 Å². The summed E-state index contributed by atoms with van der Waals surface area (Å²) in [7, 11) is 0. The third-order valence-corrected chi connectivity index (χ3v) is 11.1. The Balaban J connectivity index is 3.47. The van der Waals surface area contributed by atoms with Crippen molar-refractivity contribution in [2.24, 2.45) is 0 Å². The van der Waals surface area contributed by atoms with E-state index in [1.807, 2.05) is 6.08 Å². The first-order valence-corrected chi connectivity index (χ1v) is 24.0. The first kappa shape index (κ1) is 52.6. The first-order valence-electron chi connectivity index (χ1n) is 24.0. The van der Waals surface area contributed by atoms with E-state index in [1.54, 1.807) is 6.08 Å². The lowest BCUT2D eigenvalue weighted by molar-refractivity contribution is -0.143. The van der Waals surface area contributed by atoms with Crippen molar-refractivity contribution in [2.45, 2.75) is 270 Å². The van der Waals surface area contributed by atoms with Crippen LogP contribution in [-0.4, -0.2) is 47.4 Å². The van der Waals surface area contributed by atoms with Crippen LogP contribution in [0.5, 0.6) is 0 Å². The molecule has 0 aliphatic heterocycles. The molecule has 0 radical (unpaired) electrons. The lowest BCUT2D eigenvalue weighted by atomic mass is 10.0. The molecular weight excluding hydrogens is 671 g/mol. The number of unbranched alkanes of at least 4 members (excludes halogenated alkanes) is 33. The van der Waals surface area contributed by atoms with Crippen LogP contribution in [0.15, 0.2) is 12.2 Å². The number of nitrogens with one attached hydrogen (secondary N) is 1. The molecule has 54 heavy (non-hydrogen) atoms. The number of aliphatic hydroxyl groups is 2. The zero-order valence-electron chi connectivity index (χ0n) is 36.2. The van der Waals surface area contributed by atoms with E-state index < -0.39 is 12.1 Å². The van der Waals surface area contributed by atoms with E-state index in [0.29, 0.717) is 19.4 Å². The summed E-state index contributed by atoms with van der Waals surface area (Å²) in [5.41, 5.74) is 0. The van der Waals surface area contributed by atoms with Crippen LogP contribution in [0.25, 0.3) is 0 Å². The zero-order valence-corrected chi connectivity index (χ0v) is 36.2. The van der Waals surface area contributed by atoms with Gasteiger partial charge in [0.05, 0.1) is 25.4 Å². The summed E-state index contributed by atoms with van der Waals surface area (Å²) in [5.74, 6) is -0.0831. The maximum atomic E-state index is 12.4. The van der Waals surface area contributed by atoms with Crippen molar-refractivity contribution in [3.05, 3.63) is 12.2 Å². The predicted molar refractivity (Wildman–Crippen MR) is 232 cm³/mol. The van der Waals surface area contributed by atoms with Crippen molar-refractivity contribution in [2.75, 3.05) is 13.2 Å². The summed E-state index contributed by atoms with van der Waals surface area (Å²) in [6.07, 6.45) is 49.1. The predicted octanol–water partition coefficient (Wildman–Crippen LogP) is 13.8. The standard InChI is InChI=1S/C48H93NO5/c1-3-5-7-9-11-13-15-21-24-28-32-36-40-46(51)45(44-50)49-47(52)41-37-33-29-25-22-18-16-17-19-23-27-31-35-39-43-54-48(53)42-38-34-30-26-20-14-12-10-8-6-4-2/h36,40,45-46,50-51H,3-35,37-39,41-44H2,1-2H3,(H,49,52)/b40-36+. The highest BCUT2D eigenvalue weighted by atomic mass is 16.5. The minimum Gasteiger partial charge on any atom is -0.466 e. The molecule has 2 unspecified atom stereocenters. The van der Waals surface area contributed by atoms with E-state index in [-0.39, 0.29) is 18.5 Å². The number of amides is 1. The molecule has 1 amide bonds. The van der Waals surface area contributed by atoms with Gasteiger partial charge in [-0.25, -0.2) is 0 Å². The van der Waals surface area contributed by atoms with Gasteiger partial charge in [-0.3, -0.25) is 9.59 Å². The van der Waals surface area contributed by atoms with Crippen molar-refractivity contribution in [3.63, 3.8) is 0 Å². The average molecular weight is 764 g/mol. The molecule has 0 aromatic rings. The van der Waals surface area contributed by atoms with E-state index in [4.69, 9.17) is 4.74 Å². The molecule has 0 spiro atoms. The Morgan fingerprint density at radius 1 is 0.500 bits per heavy atom. The van der Waals surface area contributed by atoms with Crippen molar-refractivity contribution in [3.8, 4) is 0 Å². The van der Waals surface area contributed by atoms with Crippen molar-refractivity contribution >= 4 is 11.9 Å². The normalized spacial score (nSPS) is 12.7. The van der Waals surface area contributed by atoms with E-state index in [9.17, 15) is 19.8 Å². The molecule has 2 atom stereocenters. The van der Waals surface area contributed by atoms with Crippen LogP contribution < -0.4 is 5.32 Å². The van der Waals surface area contributed by atoms with Gasteiger partial charge in [0.25, 0.3) is 0 Å². The summed E-state index contributed by atoms with van der Waals surface area (Å²) in [6.45, 7) is 4.86. The molecule has 0 saturated carbocycles. The molecule has 0 aromatic carbocycles. The highest BCUT2D eigenvalue weighted by Crippen LogP contribution is 2.16. The second kappa shape index (κ2) is 44.3. The molecule has 0 aliphatic rings. The topological polar surface area (TPSA) is 95.9 Å². The quantitative estimate of drug-likeness (QED) is 0.0326. The summed E-state index contributed by atoms with van der Waals surface area (Å²) in [4.78, 5) is 24.3. The number of carbonyl (C=O) groups excluding carboxylic acids is 2. The number of ether oxygens (including phenoxy) is 1. The van der Waals surface area contributed by atoms with Gasteiger partial charge in [0.1, 0.15) is 0 Å². The van der Waals surface area contributed by atoms with Gasteiger partial charge in [0.2, 0.25) is 5.91 Å². The summed E-state index contributed by atoms with van der Waals surface area (Å²) >= 11 is 0. The SMILES string of the molecule is CCCCCCCCCCCC/C=C/C(O)C(CO)NC(=O)CCCCCCCCCCCCCCCCOC(=O)CCCCCCCCCCCCC. The lowest BCUT2D eigenvalue weighted by Crippen LogP contribution is -2.45. The second-order valence-corrected chi connectivity index (χ2v) is 16.5. The molecular formula is C48H93NO5. The number of allylic oxidation sites excluding steroid dienone is 1. The summed E-state index contributed by atoms with van der Waals surface area (Å²) < 4.78 is 5.44. The van der Waals surface area contributed by atoms with Crippen LogP contribution in [-0.2, 0) is 14.3 Å². The van der Waals surface area contributed by atoms with Gasteiger partial charge in [-0.2, -0.15) is 0 Å². The first-order chi connectivity index (χ1) is 26.5. The largest absolute Gasteiger partial charge is 0.466 e. The highest BCUT2D eigenvalue weighted by molar-refractivity contribution is 5.76. The van der Waals surface area contributed by atoms with Crippen molar-refractivity contribution in [1.29, 1.82) is 0 Å². The Morgan fingerprint density at radius 2 is 0.852 bits per heavy atom. The average Bonchev–Trinajstić information content (AvgIpc) is 3.17. The number of rotatable bonds is 44. The molecule has 6 nitrogen and oxygen atoms in total. The van der Waals surface area contributed by atoms with Crippen LogP contribution in [0.4, 0.5) is 0 Å². The molecule has 0 aromatic heterocycles. The van der Waals surface area contributed by atoms with Gasteiger partial charge < -0.3 is 20.3 Å². The molecule has 0 bridgehead atoms. The monoisotopic (exact) mass is 764 g/mol. The number of aliphatic hydroxyl groups excluding tert-OH is 2. The Morgan fingerprint density at radius 3 is 1.26 bits per heavy atom. The lowest BCUT2D eigenvalue weighted by Gasteiger charge is -2.20. The molecule has 0 heterocycles. The summed E-state index contributed by atoms with van der Waals surface area (Å²) in [6, 6.07) is -0.633. The fourth-order valence-electron chi connectivity index (χ4n) is 7.34. The Kier molecular flexibility index (Phi) is 43.2. The van der Waals surface area contributed by atoms with Crippen LogP contribution in [0.3, 0.4) is 0 Å². The number of hydrogen-bond acceptors (Lipinski definition) is 5. The highest BCUT2D eigenvalue weighted by Gasteiger charge is 2.18. The number of hydrogen-bond donors (Lipinski definition) is 3. The van der Waals surface area contributed by atoms with Gasteiger partial charge in [0, 0.05) is 12.8 Å². The third-order valence-electron chi connectivity index (χ3n) is 11.1. The molecule has 0 fully saturated rings. The Labute approximate surface area is 336 Å². The van der Waals surface area contributed by atoms with Crippen LogP contribution in [0.1, 0.15) is 258 Å². The van der Waals surface area contributed by atoms with Crippen molar-refractivity contribution in [1.82, 2.24) is 5.32 Å². The number of carbonyl (C=O) groups is 2. The van der Waals surface area contributed by atoms with E-state index in [0.717, 1.165) is 57.8 Å². The van der Waals surface area contributed by atoms with E-state index in [2.05, 4.69) is 19.2 Å². The van der Waals surface area contributed by atoms with Gasteiger partial charge in [-0.15, -0.1) is 0 Å². The third kappa shape index (κ3) is 40.3. The molecule has 320 valence electrons. The molecule has 6 heteroatoms. The fraction of sp³-hybridized carbons (Fsp3) is 0.917. The molecule has 0 aliphatic carbocycles. The molecule has 0 rings (SSSR count). The fourth-order valence-corrected chi connectivity index (χ4v) is 7.34. The van der Waals surface area contributed by atoms with Crippen molar-refractivity contribution < 1.29 is 24.5 Å². The minimum absolute atomic E-state index is 0.00411. The Bertz CT molecular complexity index is 802. The van der Waals surface area contributed by atoms with E-state index in [1.165, 1.54) is 173 Å².